The van der Waals surface area contributed by atoms with Crippen LogP contribution in [0.5, 0.6) is 0 Å². The fraction of sp³-hybridized carbons (Fsp3) is 0.500. The van der Waals surface area contributed by atoms with Crippen molar-refractivity contribution in [2.24, 2.45) is 5.41 Å². The van der Waals surface area contributed by atoms with Gasteiger partial charge in [0.05, 0.1) is 22.7 Å². The maximum absolute atomic E-state index is 11.8. The van der Waals surface area contributed by atoms with Crippen molar-refractivity contribution in [2.45, 2.75) is 27.2 Å². The number of ether oxygens (including phenoxy) is 1. The summed E-state index contributed by atoms with van der Waals surface area (Å²) >= 11 is 1.58. The third kappa shape index (κ3) is 2.92. The van der Waals surface area contributed by atoms with Gasteiger partial charge in [-0.3, -0.25) is 4.79 Å². The standard InChI is InChI=1S/C12H17NO2S/c1-5-12(4,11(14)15-6-2)7-10-8-16-9(3)13-10/h5,8H,1,6-7H2,2-4H3. The molecule has 0 aliphatic heterocycles. The molecule has 1 rings (SSSR count). The van der Waals surface area contributed by atoms with E-state index in [1.165, 1.54) is 0 Å². The highest BCUT2D eigenvalue weighted by molar-refractivity contribution is 7.09. The second-order valence-electron chi connectivity index (χ2n) is 3.88. The van der Waals surface area contributed by atoms with Crippen LogP contribution in [0.1, 0.15) is 24.5 Å². The molecule has 0 N–H and O–H groups in total. The summed E-state index contributed by atoms with van der Waals surface area (Å²) in [6.07, 6.45) is 2.18. The van der Waals surface area contributed by atoms with E-state index < -0.39 is 5.41 Å². The van der Waals surface area contributed by atoms with Gasteiger partial charge < -0.3 is 4.74 Å². The SMILES string of the molecule is C=CC(C)(Cc1csc(C)n1)C(=O)OCC. The molecule has 0 spiro atoms. The molecule has 4 heteroatoms. The van der Waals surface area contributed by atoms with Crippen LogP contribution in [0.3, 0.4) is 0 Å². The lowest BCUT2D eigenvalue weighted by Gasteiger charge is -2.22. The van der Waals surface area contributed by atoms with E-state index in [9.17, 15) is 4.79 Å². The van der Waals surface area contributed by atoms with Crippen LogP contribution in [0.2, 0.25) is 0 Å². The molecule has 16 heavy (non-hydrogen) atoms. The number of nitrogens with zero attached hydrogens (tertiary/aromatic N) is 1. The van der Waals surface area contributed by atoms with Gasteiger partial charge in [-0.1, -0.05) is 6.08 Å². The molecule has 0 aromatic carbocycles. The first kappa shape index (κ1) is 12.9. The Morgan fingerprint density at radius 3 is 2.88 bits per heavy atom. The van der Waals surface area contributed by atoms with Crippen molar-refractivity contribution in [1.29, 1.82) is 0 Å². The summed E-state index contributed by atoms with van der Waals surface area (Å²) in [7, 11) is 0. The van der Waals surface area contributed by atoms with Crippen molar-refractivity contribution in [3.63, 3.8) is 0 Å². The molecule has 0 fully saturated rings. The van der Waals surface area contributed by atoms with E-state index >= 15 is 0 Å². The van der Waals surface area contributed by atoms with Gasteiger partial charge in [-0.25, -0.2) is 4.98 Å². The van der Waals surface area contributed by atoms with E-state index in [1.54, 1.807) is 24.3 Å². The van der Waals surface area contributed by atoms with Gasteiger partial charge in [0.15, 0.2) is 0 Å². The monoisotopic (exact) mass is 239 g/mol. The fourth-order valence-corrected chi connectivity index (χ4v) is 2.00. The first-order valence-corrected chi connectivity index (χ1v) is 6.11. The minimum absolute atomic E-state index is 0.240. The highest BCUT2D eigenvalue weighted by atomic mass is 32.1. The quantitative estimate of drug-likeness (QED) is 0.586. The van der Waals surface area contributed by atoms with Crippen LogP contribution in [-0.4, -0.2) is 17.6 Å². The van der Waals surface area contributed by atoms with Gasteiger partial charge in [-0.05, 0) is 20.8 Å². The molecule has 0 aliphatic carbocycles. The van der Waals surface area contributed by atoms with Crippen molar-refractivity contribution in [1.82, 2.24) is 4.98 Å². The van der Waals surface area contributed by atoms with Crippen molar-refractivity contribution in [3.05, 3.63) is 28.7 Å². The van der Waals surface area contributed by atoms with E-state index in [0.29, 0.717) is 13.0 Å². The normalized spacial score (nSPS) is 14.2. The number of carbonyl (C=O) groups excluding carboxylic acids is 1. The Morgan fingerprint density at radius 2 is 2.44 bits per heavy atom. The minimum Gasteiger partial charge on any atom is -0.465 e. The number of rotatable bonds is 5. The number of aryl methyl sites for hydroxylation is 1. The van der Waals surface area contributed by atoms with Gasteiger partial charge in [0.25, 0.3) is 0 Å². The van der Waals surface area contributed by atoms with Gasteiger partial charge in [-0.2, -0.15) is 0 Å². The summed E-state index contributed by atoms with van der Waals surface area (Å²) in [5.41, 5.74) is 0.231. The smallest absolute Gasteiger partial charge is 0.316 e. The number of hydrogen-bond acceptors (Lipinski definition) is 4. The summed E-state index contributed by atoms with van der Waals surface area (Å²) in [5.74, 6) is -0.240. The lowest BCUT2D eigenvalue weighted by molar-refractivity contribution is -0.151. The minimum atomic E-state index is -0.684. The molecule has 1 heterocycles. The van der Waals surface area contributed by atoms with E-state index in [2.05, 4.69) is 11.6 Å². The Balaban J connectivity index is 2.81. The van der Waals surface area contributed by atoms with E-state index in [-0.39, 0.29) is 5.97 Å². The lowest BCUT2D eigenvalue weighted by Crippen LogP contribution is -2.30. The summed E-state index contributed by atoms with van der Waals surface area (Å²) in [4.78, 5) is 16.1. The van der Waals surface area contributed by atoms with E-state index in [4.69, 9.17) is 4.74 Å². The molecule has 1 aromatic rings. The van der Waals surface area contributed by atoms with Crippen LogP contribution in [0.4, 0.5) is 0 Å². The Bertz CT molecular complexity index is 386. The van der Waals surface area contributed by atoms with E-state index in [0.717, 1.165) is 10.7 Å². The molecule has 88 valence electrons. The summed E-state index contributed by atoms with van der Waals surface area (Å²) in [5, 5.41) is 2.97. The molecule has 1 aromatic heterocycles. The van der Waals surface area contributed by atoms with Gasteiger partial charge in [0, 0.05) is 11.8 Å². The lowest BCUT2D eigenvalue weighted by atomic mass is 9.86. The van der Waals surface area contributed by atoms with Crippen LogP contribution in [0.25, 0.3) is 0 Å². The second kappa shape index (κ2) is 5.25. The Morgan fingerprint density at radius 1 is 1.75 bits per heavy atom. The van der Waals surface area contributed by atoms with Crippen molar-refractivity contribution >= 4 is 17.3 Å². The van der Waals surface area contributed by atoms with E-state index in [1.807, 2.05) is 19.2 Å². The molecule has 1 atom stereocenters. The number of hydrogen-bond donors (Lipinski definition) is 0. The first-order chi connectivity index (χ1) is 7.51. The van der Waals surface area contributed by atoms with Gasteiger partial charge in [0.1, 0.15) is 0 Å². The van der Waals surface area contributed by atoms with Crippen LogP contribution in [0.15, 0.2) is 18.0 Å². The third-order valence-corrected chi connectivity index (χ3v) is 3.23. The Kier molecular flexibility index (Phi) is 4.24. The van der Waals surface area contributed by atoms with Crippen molar-refractivity contribution in [3.8, 4) is 0 Å². The zero-order valence-electron chi connectivity index (χ0n) is 9.95. The molecule has 0 bridgehead atoms. The molecule has 1 unspecified atom stereocenters. The van der Waals surface area contributed by atoms with Gasteiger partial charge >= 0.3 is 5.97 Å². The van der Waals surface area contributed by atoms with Crippen LogP contribution >= 0.6 is 11.3 Å². The second-order valence-corrected chi connectivity index (χ2v) is 4.94. The summed E-state index contributed by atoms with van der Waals surface area (Å²) in [6.45, 7) is 9.68. The zero-order chi connectivity index (χ0) is 12.2. The molecule has 3 nitrogen and oxygen atoms in total. The van der Waals surface area contributed by atoms with Crippen molar-refractivity contribution in [2.75, 3.05) is 6.61 Å². The molecule has 0 saturated carbocycles. The van der Waals surface area contributed by atoms with Crippen LogP contribution in [0, 0.1) is 12.3 Å². The number of thiazole rings is 1. The number of carbonyl (C=O) groups is 1. The van der Waals surface area contributed by atoms with Crippen molar-refractivity contribution < 1.29 is 9.53 Å². The maximum atomic E-state index is 11.8. The largest absolute Gasteiger partial charge is 0.465 e. The molecule has 0 aliphatic rings. The Labute approximate surface area is 100 Å². The highest BCUT2D eigenvalue weighted by Crippen LogP contribution is 2.26. The van der Waals surface area contributed by atoms with Gasteiger partial charge in [0.2, 0.25) is 0 Å². The average molecular weight is 239 g/mol. The number of aromatic nitrogens is 1. The predicted octanol–water partition coefficient (Wildman–Crippen LogP) is 2.75. The molecular weight excluding hydrogens is 222 g/mol. The summed E-state index contributed by atoms with van der Waals surface area (Å²) in [6, 6.07) is 0. The Hall–Kier alpha value is -1.16. The topological polar surface area (TPSA) is 39.2 Å². The molecule has 0 amide bonds. The zero-order valence-corrected chi connectivity index (χ0v) is 10.8. The number of esters is 1. The molecular formula is C12H17NO2S. The first-order valence-electron chi connectivity index (χ1n) is 5.23. The summed E-state index contributed by atoms with van der Waals surface area (Å²) < 4.78 is 5.04. The molecule has 0 saturated heterocycles. The predicted molar refractivity (Wildman–Crippen MR) is 65.5 cm³/mol. The fourth-order valence-electron chi connectivity index (χ4n) is 1.39. The van der Waals surface area contributed by atoms with Gasteiger partial charge in [-0.15, -0.1) is 17.9 Å². The third-order valence-electron chi connectivity index (χ3n) is 2.41. The van der Waals surface area contributed by atoms with Crippen LogP contribution < -0.4 is 0 Å². The van der Waals surface area contributed by atoms with Crippen LogP contribution in [-0.2, 0) is 16.0 Å². The average Bonchev–Trinajstić information content (AvgIpc) is 2.64. The maximum Gasteiger partial charge on any atom is 0.316 e. The molecule has 0 radical (unpaired) electrons. The highest BCUT2D eigenvalue weighted by Gasteiger charge is 2.32.